The van der Waals surface area contributed by atoms with Gasteiger partial charge in [0.1, 0.15) is 0 Å². The van der Waals surface area contributed by atoms with Crippen LogP contribution in [0.5, 0.6) is 0 Å². The first kappa shape index (κ1) is 19.8. The Morgan fingerprint density at radius 1 is 0.632 bits per heavy atom. The van der Waals surface area contributed by atoms with Crippen molar-refractivity contribution in [3.8, 4) is 0 Å². The summed E-state index contributed by atoms with van der Waals surface area (Å²) in [6.07, 6.45) is 8.49. The Bertz CT molecular complexity index is 214. The van der Waals surface area contributed by atoms with Gasteiger partial charge < -0.3 is 0 Å². The second kappa shape index (κ2) is 8.29. The minimum atomic E-state index is -2.21. The summed E-state index contributed by atoms with van der Waals surface area (Å²) in [5, 5.41) is 0. The molecule has 0 rings (SSSR count). The maximum atomic E-state index is 2.62. The maximum absolute atomic E-state index is 2.62. The van der Waals surface area contributed by atoms with Gasteiger partial charge in [0, 0.05) is 0 Å². The molecule has 0 radical (unpaired) electrons. The molecule has 0 aromatic carbocycles. The summed E-state index contributed by atoms with van der Waals surface area (Å²) < 4.78 is 4.54. The summed E-state index contributed by atoms with van der Waals surface area (Å²) in [5.41, 5.74) is 0. The van der Waals surface area contributed by atoms with Gasteiger partial charge in [0.25, 0.3) is 0 Å². The van der Waals surface area contributed by atoms with E-state index in [1.54, 1.807) is 8.87 Å². The normalized spacial score (nSPS) is 13.9. The topological polar surface area (TPSA) is 0 Å². The zero-order valence-corrected chi connectivity index (χ0v) is 18.0. The first-order chi connectivity index (χ1) is 8.74. The molecule has 0 nitrogen and oxygen atoms in total. The number of hydrogen-bond donors (Lipinski definition) is 0. The van der Waals surface area contributed by atoms with Crippen molar-refractivity contribution in [3.63, 3.8) is 0 Å². The van der Waals surface area contributed by atoms with E-state index in [1.807, 2.05) is 0 Å². The Kier molecular flexibility index (Phi) is 8.64. The average Bonchev–Trinajstić information content (AvgIpc) is 2.38. The van der Waals surface area contributed by atoms with Crippen LogP contribution in [0, 0.1) is 0 Å². The van der Waals surface area contributed by atoms with Gasteiger partial charge in [0.2, 0.25) is 0 Å². The van der Waals surface area contributed by atoms with Crippen molar-refractivity contribution in [1.29, 1.82) is 0 Å². The fraction of sp³-hybridized carbons (Fsp3) is 1.00. The quantitative estimate of drug-likeness (QED) is 0.349. The van der Waals surface area contributed by atoms with E-state index in [-0.39, 0.29) is 0 Å². The Morgan fingerprint density at radius 2 is 0.947 bits per heavy atom. The van der Waals surface area contributed by atoms with Gasteiger partial charge in [-0.2, -0.15) is 0 Å². The van der Waals surface area contributed by atoms with Crippen molar-refractivity contribution in [2.24, 2.45) is 0 Å². The van der Waals surface area contributed by atoms with Crippen LogP contribution < -0.4 is 0 Å². The first-order valence-electron chi connectivity index (χ1n) is 8.74. The van der Waals surface area contributed by atoms with Crippen LogP contribution in [-0.4, -0.2) is 18.4 Å². The molecule has 0 aliphatic carbocycles. The number of hydrogen-bond acceptors (Lipinski definition) is 0. The molecule has 1 heteroatoms. The van der Waals surface area contributed by atoms with Gasteiger partial charge in [-0.3, -0.25) is 0 Å². The summed E-state index contributed by atoms with van der Waals surface area (Å²) in [6, 6.07) is 0. The summed E-state index contributed by atoms with van der Waals surface area (Å²) in [5.74, 6) is 0. The predicted octanol–water partition coefficient (Wildman–Crippen LogP) is 7.42. The zero-order chi connectivity index (χ0) is 15.2. The van der Waals surface area contributed by atoms with E-state index in [1.165, 1.54) is 38.5 Å². The molecule has 0 bridgehead atoms. The van der Waals surface area contributed by atoms with Crippen LogP contribution in [0.15, 0.2) is 0 Å². The third-order valence-corrected chi connectivity index (χ3v) is 30.0. The molecule has 0 aliphatic heterocycles. The van der Waals surface area contributed by atoms with Crippen LogP contribution in [0.2, 0.25) is 15.7 Å². The van der Waals surface area contributed by atoms with Crippen LogP contribution >= 0.6 is 0 Å². The van der Waals surface area contributed by atoms with Crippen molar-refractivity contribution >= 4 is 18.4 Å². The van der Waals surface area contributed by atoms with Gasteiger partial charge in [0.05, 0.1) is 0 Å². The Labute approximate surface area is 128 Å². The van der Waals surface area contributed by atoms with E-state index in [9.17, 15) is 0 Å². The Balaban J connectivity index is 5.57. The minimum absolute atomic E-state index is 0.651. The molecular formula is C18H40Sn. The summed E-state index contributed by atoms with van der Waals surface area (Å²) in [6.45, 7) is 20.1. The molecule has 0 heterocycles. The molecule has 0 saturated carbocycles. The fourth-order valence-electron chi connectivity index (χ4n) is 4.03. The zero-order valence-electron chi connectivity index (χ0n) is 15.2. The van der Waals surface area contributed by atoms with Crippen LogP contribution in [-0.2, 0) is 0 Å². The molecule has 0 atom stereocenters. The van der Waals surface area contributed by atoms with Crippen molar-refractivity contribution in [1.82, 2.24) is 0 Å². The Hall–Kier alpha value is 0.799. The monoisotopic (exact) mass is 376 g/mol. The molecule has 19 heavy (non-hydrogen) atoms. The van der Waals surface area contributed by atoms with Crippen LogP contribution in [0.1, 0.15) is 93.9 Å². The second-order valence-electron chi connectivity index (χ2n) is 7.76. The van der Waals surface area contributed by atoms with Crippen molar-refractivity contribution in [2.75, 3.05) is 0 Å². The van der Waals surface area contributed by atoms with Gasteiger partial charge in [-0.15, -0.1) is 0 Å². The van der Waals surface area contributed by atoms with E-state index in [0.29, 0.717) is 6.86 Å². The van der Waals surface area contributed by atoms with Gasteiger partial charge in [-0.05, 0) is 0 Å². The standard InChI is InChI=1S/2C5H11.2C4H9.Sn/c2*1-4-5(2)3;2*1-3-4-2;/h2*4H2,1-3H3;2*1,3-4H2,2H3;. The van der Waals surface area contributed by atoms with Gasteiger partial charge in [-0.1, -0.05) is 0 Å². The van der Waals surface area contributed by atoms with Gasteiger partial charge >= 0.3 is 128 Å². The van der Waals surface area contributed by atoms with Crippen molar-refractivity contribution in [3.05, 3.63) is 0 Å². The molecule has 0 aliphatic rings. The Morgan fingerprint density at radius 3 is 1.16 bits per heavy atom. The molecule has 0 fully saturated rings. The third-order valence-electron chi connectivity index (χ3n) is 6.27. The molecule has 0 N–H and O–H groups in total. The van der Waals surface area contributed by atoms with Gasteiger partial charge in [-0.25, -0.2) is 0 Å². The molecule has 0 saturated heterocycles. The molecule has 0 aromatic heterocycles. The first-order valence-corrected chi connectivity index (χ1v) is 15.6. The summed E-state index contributed by atoms with van der Waals surface area (Å²) in [4.78, 5) is 0. The van der Waals surface area contributed by atoms with Crippen molar-refractivity contribution < 1.29 is 0 Å². The molecule has 0 unspecified atom stereocenters. The van der Waals surface area contributed by atoms with E-state index in [2.05, 4.69) is 55.4 Å². The van der Waals surface area contributed by atoms with E-state index < -0.39 is 18.4 Å². The van der Waals surface area contributed by atoms with Crippen LogP contribution in [0.4, 0.5) is 0 Å². The third kappa shape index (κ3) is 4.38. The van der Waals surface area contributed by atoms with Crippen LogP contribution in [0.25, 0.3) is 0 Å². The average molecular weight is 375 g/mol. The summed E-state index contributed by atoms with van der Waals surface area (Å²) in [7, 11) is 0. The van der Waals surface area contributed by atoms with Crippen molar-refractivity contribution in [2.45, 2.75) is 110 Å². The van der Waals surface area contributed by atoms with Gasteiger partial charge in [0.15, 0.2) is 0 Å². The van der Waals surface area contributed by atoms with Crippen LogP contribution in [0.3, 0.4) is 0 Å². The number of rotatable bonds is 10. The van der Waals surface area contributed by atoms with E-state index >= 15 is 0 Å². The molecule has 116 valence electrons. The molecule has 0 amide bonds. The molecule has 0 aromatic rings. The van der Waals surface area contributed by atoms with E-state index in [0.717, 1.165) is 0 Å². The fourth-order valence-corrected chi connectivity index (χ4v) is 27.0. The summed E-state index contributed by atoms with van der Waals surface area (Å²) >= 11 is -2.21. The molecular weight excluding hydrogens is 335 g/mol. The molecule has 0 spiro atoms. The predicted molar refractivity (Wildman–Crippen MR) is 93.8 cm³/mol. The SMILES string of the molecule is CCC[CH2][Sn]([CH2]CCC)([C](C)(C)CC)[C](C)(C)CC. The van der Waals surface area contributed by atoms with E-state index in [4.69, 9.17) is 0 Å². The second-order valence-corrected chi connectivity index (χ2v) is 24.5. The number of unbranched alkanes of at least 4 members (excludes halogenated alkanes) is 2.